The average molecular weight is 415 g/mol. The molecule has 3 aromatic heterocycles. The minimum absolute atomic E-state index is 0.148. The summed E-state index contributed by atoms with van der Waals surface area (Å²) >= 11 is 1.29. The summed E-state index contributed by atoms with van der Waals surface area (Å²) in [6.07, 6.45) is 8.31. The lowest BCUT2D eigenvalue weighted by atomic mass is 10.2. The predicted molar refractivity (Wildman–Crippen MR) is 115 cm³/mol. The Morgan fingerprint density at radius 2 is 1.67 bits per heavy atom. The van der Waals surface area contributed by atoms with Crippen LogP contribution in [-0.2, 0) is 4.79 Å². The van der Waals surface area contributed by atoms with Crippen LogP contribution in [0.5, 0.6) is 0 Å². The molecular formula is C21H17N7OS. The van der Waals surface area contributed by atoms with Gasteiger partial charge >= 0.3 is 0 Å². The number of benzene rings is 1. The van der Waals surface area contributed by atoms with E-state index in [1.807, 2.05) is 47.0 Å². The van der Waals surface area contributed by atoms with Crippen molar-refractivity contribution in [1.82, 2.24) is 30.2 Å². The van der Waals surface area contributed by atoms with E-state index in [0.29, 0.717) is 11.0 Å². The summed E-state index contributed by atoms with van der Waals surface area (Å²) in [5, 5.41) is 13.2. The number of thioether (sulfide) groups is 1. The fraction of sp³-hybridized carbons (Fsp3) is 0.0476. The number of aromatic nitrogens is 5. The molecule has 0 aliphatic carbocycles. The van der Waals surface area contributed by atoms with Crippen LogP contribution in [-0.4, -0.2) is 42.6 Å². The fourth-order valence-electron chi connectivity index (χ4n) is 2.65. The highest BCUT2D eigenvalue weighted by Gasteiger charge is 2.17. The van der Waals surface area contributed by atoms with Crippen LogP contribution in [0.15, 0.2) is 89.6 Å². The van der Waals surface area contributed by atoms with E-state index >= 15 is 0 Å². The average Bonchev–Trinajstić information content (AvgIpc) is 3.23. The van der Waals surface area contributed by atoms with Gasteiger partial charge in [0.1, 0.15) is 0 Å². The van der Waals surface area contributed by atoms with Crippen LogP contribution in [0.2, 0.25) is 0 Å². The Bertz CT molecular complexity index is 1130. The van der Waals surface area contributed by atoms with Gasteiger partial charge in [-0.25, -0.2) is 5.43 Å². The zero-order chi connectivity index (χ0) is 20.6. The summed E-state index contributed by atoms with van der Waals surface area (Å²) < 4.78 is 1.92. The lowest BCUT2D eigenvalue weighted by Gasteiger charge is -2.10. The Kier molecular flexibility index (Phi) is 6.21. The molecule has 0 aliphatic rings. The van der Waals surface area contributed by atoms with Gasteiger partial charge in [0.15, 0.2) is 11.0 Å². The van der Waals surface area contributed by atoms with Gasteiger partial charge in [0.05, 0.1) is 12.0 Å². The van der Waals surface area contributed by atoms with E-state index in [-0.39, 0.29) is 11.7 Å². The normalized spacial score (nSPS) is 10.9. The van der Waals surface area contributed by atoms with Gasteiger partial charge in [-0.3, -0.25) is 19.3 Å². The first-order valence-electron chi connectivity index (χ1n) is 9.07. The maximum Gasteiger partial charge on any atom is 0.250 e. The van der Waals surface area contributed by atoms with E-state index in [4.69, 9.17) is 0 Å². The van der Waals surface area contributed by atoms with E-state index in [1.54, 1.807) is 43.1 Å². The first-order valence-corrected chi connectivity index (χ1v) is 10.1. The molecule has 9 heteroatoms. The van der Waals surface area contributed by atoms with Crippen LogP contribution in [0.3, 0.4) is 0 Å². The number of hydrogen-bond acceptors (Lipinski definition) is 7. The summed E-state index contributed by atoms with van der Waals surface area (Å²) in [5.74, 6) is 0.593. The number of carbonyl (C=O) groups excluding carboxylic acids is 1. The van der Waals surface area contributed by atoms with E-state index in [1.165, 1.54) is 11.8 Å². The van der Waals surface area contributed by atoms with Gasteiger partial charge in [0.2, 0.25) is 0 Å². The second-order valence-electron chi connectivity index (χ2n) is 6.08. The van der Waals surface area contributed by atoms with E-state index < -0.39 is 0 Å². The molecule has 0 spiro atoms. The highest BCUT2D eigenvalue weighted by Crippen LogP contribution is 2.27. The van der Waals surface area contributed by atoms with Crippen LogP contribution in [0, 0.1) is 0 Å². The number of para-hydroxylation sites is 1. The van der Waals surface area contributed by atoms with Crippen LogP contribution in [0.1, 0.15) is 5.56 Å². The standard InChI is InChI=1S/C21H17N7OS/c29-19(25-24-14-16-6-10-22-11-7-16)15-30-21-27-26-20(17-8-12-23-13-9-17)28(21)18-4-2-1-3-5-18/h1-14H,15H2,(H,25,29)/b24-14+. The van der Waals surface area contributed by atoms with Crippen LogP contribution in [0.4, 0.5) is 0 Å². The number of pyridine rings is 2. The quantitative estimate of drug-likeness (QED) is 0.283. The summed E-state index contributed by atoms with van der Waals surface area (Å²) in [4.78, 5) is 20.2. The van der Waals surface area contributed by atoms with Crippen LogP contribution < -0.4 is 5.43 Å². The topological polar surface area (TPSA) is 98.0 Å². The molecule has 1 amide bonds. The van der Waals surface area contributed by atoms with Gasteiger partial charge in [0, 0.05) is 36.0 Å². The van der Waals surface area contributed by atoms with Gasteiger partial charge in [-0.15, -0.1) is 10.2 Å². The van der Waals surface area contributed by atoms with Crippen molar-refractivity contribution in [2.24, 2.45) is 5.10 Å². The monoisotopic (exact) mass is 415 g/mol. The molecule has 4 rings (SSSR count). The minimum Gasteiger partial charge on any atom is -0.272 e. The molecule has 0 unspecified atom stereocenters. The number of carbonyl (C=O) groups is 1. The third-order valence-electron chi connectivity index (χ3n) is 4.03. The molecule has 30 heavy (non-hydrogen) atoms. The maximum absolute atomic E-state index is 12.2. The maximum atomic E-state index is 12.2. The van der Waals surface area contributed by atoms with Crippen molar-refractivity contribution in [3.63, 3.8) is 0 Å². The Hall–Kier alpha value is -3.85. The Morgan fingerprint density at radius 1 is 0.967 bits per heavy atom. The summed E-state index contributed by atoms with van der Waals surface area (Å²) in [6.45, 7) is 0. The highest BCUT2D eigenvalue weighted by atomic mass is 32.2. The van der Waals surface area contributed by atoms with Crippen LogP contribution in [0.25, 0.3) is 17.1 Å². The zero-order valence-corrected chi connectivity index (χ0v) is 16.6. The van der Waals surface area contributed by atoms with Gasteiger partial charge in [0.25, 0.3) is 5.91 Å². The molecule has 148 valence electrons. The summed E-state index contributed by atoms with van der Waals surface area (Å²) in [5.41, 5.74) is 5.17. The van der Waals surface area contributed by atoms with Crippen molar-refractivity contribution >= 4 is 23.9 Å². The molecule has 0 radical (unpaired) electrons. The van der Waals surface area contributed by atoms with Crippen molar-refractivity contribution in [2.75, 3.05) is 5.75 Å². The van der Waals surface area contributed by atoms with E-state index in [9.17, 15) is 4.79 Å². The fourth-order valence-corrected chi connectivity index (χ4v) is 3.40. The Labute approximate surface area is 177 Å². The molecular weight excluding hydrogens is 398 g/mol. The third kappa shape index (κ3) is 4.76. The van der Waals surface area contributed by atoms with Gasteiger partial charge < -0.3 is 0 Å². The van der Waals surface area contributed by atoms with Gasteiger partial charge in [-0.2, -0.15) is 5.10 Å². The van der Waals surface area contributed by atoms with Crippen molar-refractivity contribution in [3.8, 4) is 17.1 Å². The molecule has 0 aliphatic heterocycles. The number of nitrogens with zero attached hydrogens (tertiary/aromatic N) is 6. The predicted octanol–water partition coefficient (Wildman–Crippen LogP) is 2.97. The summed E-state index contributed by atoms with van der Waals surface area (Å²) in [7, 11) is 0. The van der Waals surface area contributed by atoms with Crippen molar-refractivity contribution in [3.05, 3.63) is 84.9 Å². The first-order chi connectivity index (χ1) is 14.8. The van der Waals surface area contributed by atoms with Crippen molar-refractivity contribution in [2.45, 2.75) is 5.16 Å². The number of hydrogen-bond donors (Lipinski definition) is 1. The minimum atomic E-state index is -0.238. The third-order valence-corrected chi connectivity index (χ3v) is 4.96. The highest BCUT2D eigenvalue weighted by molar-refractivity contribution is 7.99. The second-order valence-corrected chi connectivity index (χ2v) is 7.02. The molecule has 0 atom stereocenters. The van der Waals surface area contributed by atoms with Crippen molar-refractivity contribution in [1.29, 1.82) is 0 Å². The number of nitrogens with one attached hydrogen (secondary N) is 1. The molecule has 0 fully saturated rings. The number of rotatable bonds is 7. The number of hydrazone groups is 1. The van der Waals surface area contributed by atoms with E-state index in [0.717, 1.165) is 16.8 Å². The lowest BCUT2D eigenvalue weighted by molar-refractivity contribution is -0.118. The molecule has 0 saturated carbocycles. The van der Waals surface area contributed by atoms with Crippen molar-refractivity contribution < 1.29 is 4.79 Å². The van der Waals surface area contributed by atoms with Crippen LogP contribution >= 0.6 is 11.8 Å². The first kappa shape index (κ1) is 19.5. The van der Waals surface area contributed by atoms with Gasteiger partial charge in [-0.1, -0.05) is 30.0 Å². The molecule has 4 aromatic rings. The smallest absolute Gasteiger partial charge is 0.250 e. The van der Waals surface area contributed by atoms with E-state index in [2.05, 4.69) is 30.7 Å². The summed E-state index contributed by atoms with van der Waals surface area (Å²) in [6, 6.07) is 17.1. The SMILES string of the molecule is O=C(CSc1nnc(-c2ccncc2)n1-c1ccccc1)N/N=C/c1ccncc1. The molecule has 3 heterocycles. The largest absolute Gasteiger partial charge is 0.272 e. The molecule has 1 aromatic carbocycles. The molecule has 1 N–H and O–H groups in total. The zero-order valence-electron chi connectivity index (χ0n) is 15.8. The molecule has 8 nitrogen and oxygen atoms in total. The van der Waals surface area contributed by atoms with Gasteiger partial charge in [-0.05, 0) is 42.0 Å². The molecule has 0 bridgehead atoms. The Balaban J connectivity index is 1.49. The second kappa shape index (κ2) is 9.57. The molecule has 0 saturated heterocycles. The number of amides is 1. The lowest BCUT2D eigenvalue weighted by Crippen LogP contribution is -2.20. The Morgan fingerprint density at radius 3 is 2.40 bits per heavy atom.